The number of nitrogens with zero attached hydrogens (tertiary/aromatic N) is 1. The number of piperidine rings is 1. The number of carboxylic acid groups (broad SMARTS) is 1. The van der Waals surface area contributed by atoms with Gasteiger partial charge >= 0.3 is 5.97 Å². The van der Waals surface area contributed by atoms with Gasteiger partial charge in [0, 0.05) is 18.7 Å². The monoisotopic (exact) mass is 430 g/mol. The number of nitrogens with one attached hydrogen (secondary N) is 1. The lowest BCUT2D eigenvalue weighted by Gasteiger charge is -2.32. The van der Waals surface area contributed by atoms with Crippen LogP contribution in [0.2, 0.25) is 0 Å². The molecule has 1 amide bonds. The molecule has 0 aromatic heterocycles. The number of amides is 1. The van der Waals surface area contributed by atoms with Crippen LogP contribution in [0, 0.1) is 6.92 Å². The zero-order valence-electron chi connectivity index (χ0n) is 17.1. The fourth-order valence-corrected chi connectivity index (χ4v) is 4.36. The molecule has 3 rings (SSSR count). The third kappa shape index (κ3) is 5.60. The summed E-state index contributed by atoms with van der Waals surface area (Å²) in [4.78, 5) is 25.5. The number of aryl methyl sites for hydroxylation is 1. The number of benzene rings is 2. The molecule has 2 aromatic carbocycles. The van der Waals surface area contributed by atoms with Crippen molar-refractivity contribution in [2.75, 3.05) is 24.1 Å². The van der Waals surface area contributed by atoms with Crippen molar-refractivity contribution in [3.8, 4) is 0 Å². The van der Waals surface area contributed by atoms with Crippen LogP contribution >= 0.6 is 0 Å². The van der Waals surface area contributed by atoms with Gasteiger partial charge in [-0.1, -0.05) is 30.3 Å². The molecule has 1 fully saturated rings. The van der Waals surface area contributed by atoms with Gasteiger partial charge in [-0.25, -0.2) is 8.42 Å². The predicted molar refractivity (Wildman–Crippen MR) is 115 cm³/mol. The Morgan fingerprint density at radius 2 is 1.73 bits per heavy atom. The number of rotatable bonds is 6. The van der Waals surface area contributed by atoms with E-state index in [1.54, 1.807) is 30.0 Å². The van der Waals surface area contributed by atoms with E-state index in [0.29, 0.717) is 30.3 Å². The van der Waals surface area contributed by atoms with Gasteiger partial charge in [-0.15, -0.1) is 0 Å². The summed E-state index contributed by atoms with van der Waals surface area (Å²) in [7, 11) is -3.42. The lowest BCUT2D eigenvalue weighted by Crippen LogP contribution is -2.38. The summed E-state index contributed by atoms with van der Waals surface area (Å²) in [6.07, 6.45) is 2.74. The van der Waals surface area contributed by atoms with Crippen LogP contribution < -0.4 is 4.72 Å². The van der Waals surface area contributed by atoms with E-state index in [9.17, 15) is 18.0 Å². The molecular formula is C22H26N2O5S. The average Bonchev–Trinajstić information content (AvgIpc) is 2.68. The molecule has 2 N–H and O–H groups in total. The maximum absolute atomic E-state index is 12.9. The zero-order valence-corrected chi connectivity index (χ0v) is 17.9. The van der Waals surface area contributed by atoms with E-state index in [1.165, 1.54) is 0 Å². The van der Waals surface area contributed by atoms with Crippen molar-refractivity contribution < 1.29 is 23.1 Å². The van der Waals surface area contributed by atoms with Crippen molar-refractivity contribution in [1.82, 2.24) is 4.90 Å². The molecule has 0 spiro atoms. The van der Waals surface area contributed by atoms with E-state index in [-0.39, 0.29) is 12.3 Å². The van der Waals surface area contributed by atoms with Crippen LogP contribution in [0.4, 0.5) is 5.69 Å². The predicted octanol–water partition coefficient (Wildman–Crippen LogP) is 3.01. The molecule has 0 radical (unpaired) electrons. The molecule has 0 bridgehead atoms. The Bertz CT molecular complexity index is 1040. The molecule has 0 unspecified atom stereocenters. The molecule has 8 heteroatoms. The van der Waals surface area contributed by atoms with Gasteiger partial charge in [-0.2, -0.15) is 0 Å². The highest BCUT2D eigenvalue weighted by Gasteiger charge is 2.25. The first-order chi connectivity index (χ1) is 14.1. The number of hydrogen-bond acceptors (Lipinski definition) is 4. The van der Waals surface area contributed by atoms with Gasteiger partial charge in [-0.3, -0.25) is 14.3 Å². The summed E-state index contributed by atoms with van der Waals surface area (Å²) < 4.78 is 25.5. The third-order valence-corrected chi connectivity index (χ3v) is 5.96. The number of carboxylic acids is 1. The van der Waals surface area contributed by atoms with Gasteiger partial charge < -0.3 is 10.0 Å². The molecule has 1 heterocycles. The minimum Gasteiger partial charge on any atom is -0.481 e. The summed E-state index contributed by atoms with van der Waals surface area (Å²) in [5.41, 5.74) is 3.56. The van der Waals surface area contributed by atoms with Crippen molar-refractivity contribution in [2.24, 2.45) is 0 Å². The average molecular weight is 431 g/mol. The van der Waals surface area contributed by atoms with Crippen LogP contribution in [0.25, 0.3) is 0 Å². The number of hydrogen-bond donors (Lipinski definition) is 2. The number of carbonyl (C=O) groups is 2. The standard InChI is InChI=1S/C22H26N2O5S/c1-15-3-6-19(14-20(15)23-30(2,28)29)22(27)24-11-9-18(10-12-24)17-7-4-16(5-8-17)13-21(25)26/h3-8,14,18,23H,9-13H2,1-2H3,(H,25,26). The summed E-state index contributed by atoms with van der Waals surface area (Å²) in [6, 6.07) is 12.7. The van der Waals surface area contributed by atoms with Crippen molar-refractivity contribution in [1.29, 1.82) is 0 Å². The molecule has 7 nitrogen and oxygen atoms in total. The summed E-state index contributed by atoms with van der Waals surface area (Å²) in [5.74, 6) is -0.629. The second-order valence-corrected chi connectivity index (χ2v) is 9.53. The van der Waals surface area contributed by atoms with Crippen molar-refractivity contribution in [3.05, 3.63) is 64.7 Å². The summed E-state index contributed by atoms with van der Waals surface area (Å²) in [6.45, 7) is 3.02. The van der Waals surface area contributed by atoms with Crippen molar-refractivity contribution in [3.63, 3.8) is 0 Å². The number of carbonyl (C=O) groups excluding carboxylic acids is 1. The first-order valence-corrected chi connectivity index (χ1v) is 11.7. The van der Waals surface area contributed by atoms with E-state index >= 15 is 0 Å². The maximum Gasteiger partial charge on any atom is 0.307 e. The molecule has 0 atom stereocenters. The minimum atomic E-state index is -3.42. The first kappa shape index (κ1) is 21.8. The lowest BCUT2D eigenvalue weighted by atomic mass is 9.88. The smallest absolute Gasteiger partial charge is 0.307 e. The Hall–Kier alpha value is -2.87. The van der Waals surface area contributed by atoms with Crippen LogP contribution in [-0.2, 0) is 21.2 Å². The largest absolute Gasteiger partial charge is 0.481 e. The molecule has 1 saturated heterocycles. The molecule has 30 heavy (non-hydrogen) atoms. The Balaban J connectivity index is 1.64. The fourth-order valence-electron chi connectivity index (χ4n) is 3.75. The molecule has 160 valence electrons. The number of likely N-dealkylation sites (tertiary alicyclic amines) is 1. The van der Waals surface area contributed by atoms with E-state index in [1.807, 2.05) is 24.3 Å². The Kier molecular flexibility index (Phi) is 6.45. The summed E-state index contributed by atoms with van der Waals surface area (Å²) in [5, 5.41) is 8.88. The third-order valence-electron chi connectivity index (χ3n) is 5.37. The minimum absolute atomic E-state index is 0.0138. The van der Waals surface area contributed by atoms with Gasteiger partial charge in [0.1, 0.15) is 0 Å². The van der Waals surface area contributed by atoms with Gasteiger partial charge in [0.15, 0.2) is 0 Å². The zero-order chi connectivity index (χ0) is 21.9. The lowest BCUT2D eigenvalue weighted by molar-refractivity contribution is -0.136. The van der Waals surface area contributed by atoms with Crippen LogP contribution in [-0.4, -0.2) is 49.6 Å². The first-order valence-electron chi connectivity index (χ1n) is 9.81. The molecule has 2 aromatic rings. The van der Waals surface area contributed by atoms with Gasteiger partial charge in [0.05, 0.1) is 18.4 Å². The highest BCUT2D eigenvalue weighted by atomic mass is 32.2. The maximum atomic E-state index is 12.9. The molecule has 1 aliphatic heterocycles. The molecule has 0 saturated carbocycles. The van der Waals surface area contributed by atoms with E-state index in [4.69, 9.17) is 5.11 Å². The van der Waals surface area contributed by atoms with E-state index in [0.717, 1.165) is 35.8 Å². The molecule has 1 aliphatic rings. The second-order valence-electron chi connectivity index (χ2n) is 7.78. The summed E-state index contributed by atoms with van der Waals surface area (Å²) >= 11 is 0. The number of aliphatic carboxylic acids is 1. The van der Waals surface area contributed by atoms with Crippen LogP contribution in [0.15, 0.2) is 42.5 Å². The second kappa shape index (κ2) is 8.87. The quantitative estimate of drug-likeness (QED) is 0.733. The van der Waals surface area contributed by atoms with Crippen molar-refractivity contribution >= 4 is 27.6 Å². The van der Waals surface area contributed by atoms with Crippen LogP contribution in [0.3, 0.4) is 0 Å². The normalized spacial score (nSPS) is 15.1. The van der Waals surface area contributed by atoms with Gasteiger partial charge in [-0.05, 0) is 54.5 Å². The SMILES string of the molecule is Cc1ccc(C(=O)N2CCC(c3ccc(CC(=O)O)cc3)CC2)cc1NS(C)(=O)=O. The Morgan fingerprint density at radius 3 is 2.30 bits per heavy atom. The van der Waals surface area contributed by atoms with Gasteiger partial charge in [0.2, 0.25) is 10.0 Å². The highest BCUT2D eigenvalue weighted by molar-refractivity contribution is 7.92. The number of anilines is 1. The topological polar surface area (TPSA) is 104 Å². The fraction of sp³-hybridized carbons (Fsp3) is 0.364. The van der Waals surface area contributed by atoms with Crippen LogP contribution in [0.5, 0.6) is 0 Å². The van der Waals surface area contributed by atoms with E-state index < -0.39 is 16.0 Å². The molecule has 0 aliphatic carbocycles. The number of sulfonamides is 1. The Labute approximate surface area is 176 Å². The Morgan fingerprint density at radius 1 is 1.10 bits per heavy atom. The van der Waals surface area contributed by atoms with Gasteiger partial charge in [0.25, 0.3) is 5.91 Å². The van der Waals surface area contributed by atoms with Crippen LogP contribution in [0.1, 0.15) is 45.8 Å². The highest BCUT2D eigenvalue weighted by Crippen LogP contribution is 2.29. The molecular weight excluding hydrogens is 404 g/mol. The van der Waals surface area contributed by atoms with Crippen molar-refractivity contribution in [2.45, 2.75) is 32.1 Å². The van der Waals surface area contributed by atoms with E-state index in [2.05, 4.69) is 4.72 Å².